The maximum absolute atomic E-state index is 11.5. The van der Waals surface area contributed by atoms with Gasteiger partial charge in [-0.1, -0.05) is 0 Å². The van der Waals surface area contributed by atoms with Crippen LogP contribution in [0, 0.1) is 0 Å². The van der Waals surface area contributed by atoms with Crippen LogP contribution in [0.3, 0.4) is 0 Å². The van der Waals surface area contributed by atoms with Crippen LogP contribution >= 0.6 is 0 Å². The number of rotatable bonds is 3. The Labute approximate surface area is 83.5 Å². The first-order valence-electron chi connectivity index (χ1n) is 4.74. The molecule has 1 aliphatic carbocycles. The third-order valence-corrected chi connectivity index (χ3v) is 4.65. The molecule has 2 aliphatic rings. The Hall–Kier alpha value is -0.620. The van der Waals surface area contributed by atoms with Gasteiger partial charge in [0.2, 0.25) is 15.9 Å². The predicted molar refractivity (Wildman–Crippen MR) is 51.1 cm³/mol. The summed E-state index contributed by atoms with van der Waals surface area (Å²) in [5.41, 5.74) is 0. The molecule has 1 heterocycles. The Kier molecular flexibility index (Phi) is 2.27. The number of carbonyl (C=O) groups excluding carboxylic acids is 1. The van der Waals surface area contributed by atoms with Crippen LogP contribution in [0.4, 0.5) is 0 Å². The van der Waals surface area contributed by atoms with E-state index in [4.69, 9.17) is 0 Å². The van der Waals surface area contributed by atoms with Crippen LogP contribution in [0.1, 0.15) is 19.3 Å². The minimum atomic E-state index is -3.15. The molecule has 0 aromatic carbocycles. The molecule has 2 fully saturated rings. The van der Waals surface area contributed by atoms with Gasteiger partial charge >= 0.3 is 0 Å². The largest absolute Gasteiger partial charge is 0.344 e. The first-order chi connectivity index (χ1) is 6.49. The van der Waals surface area contributed by atoms with Crippen LogP contribution in [0.15, 0.2) is 0 Å². The van der Waals surface area contributed by atoms with Crippen LogP contribution in [0.25, 0.3) is 0 Å². The summed E-state index contributed by atoms with van der Waals surface area (Å²) in [5.74, 6) is 0.00787. The van der Waals surface area contributed by atoms with E-state index in [0.29, 0.717) is 13.0 Å². The fraction of sp³-hybridized carbons (Fsp3) is 0.875. The van der Waals surface area contributed by atoms with Crippen molar-refractivity contribution in [2.75, 3.05) is 13.6 Å². The monoisotopic (exact) mass is 218 g/mol. The molecule has 1 atom stereocenters. The molecule has 0 bridgehead atoms. The minimum Gasteiger partial charge on any atom is -0.344 e. The van der Waals surface area contributed by atoms with Crippen molar-refractivity contribution in [3.8, 4) is 0 Å². The quantitative estimate of drug-likeness (QED) is 0.681. The predicted octanol–water partition coefficient (Wildman–Crippen LogP) is -0.701. The van der Waals surface area contributed by atoms with Crippen molar-refractivity contribution >= 4 is 15.9 Å². The molecule has 0 spiro atoms. The van der Waals surface area contributed by atoms with Gasteiger partial charge in [0.15, 0.2) is 0 Å². The maximum atomic E-state index is 11.5. The van der Waals surface area contributed by atoms with Crippen LogP contribution < -0.4 is 4.72 Å². The summed E-state index contributed by atoms with van der Waals surface area (Å²) in [7, 11) is -1.46. The molecule has 1 saturated heterocycles. The third-order valence-electron chi connectivity index (χ3n) is 2.64. The lowest BCUT2D eigenvalue weighted by Gasteiger charge is -2.11. The number of likely N-dealkylation sites (tertiary alicyclic amines) is 1. The fourth-order valence-electron chi connectivity index (χ4n) is 1.65. The van der Waals surface area contributed by atoms with Gasteiger partial charge < -0.3 is 4.90 Å². The van der Waals surface area contributed by atoms with Gasteiger partial charge in [-0.2, -0.15) is 0 Å². The van der Waals surface area contributed by atoms with Gasteiger partial charge in [0, 0.05) is 26.1 Å². The van der Waals surface area contributed by atoms with E-state index in [9.17, 15) is 13.2 Å². The molecule has 14 heavy (non-hydrogen) atoms. The van der Waals surface area contributed by atoms with E-state index in [1.54, 1.807) is 11.9 Å². The van der Waals surface area contributed by atoms with E-state index >= 15 is 0 Å². The normalized spacial score (nSPS) is 28.5. The zero-order valence-corrected chi connectivity index (χ0v) is 8.88. The van der Waals surface area contributed by atoms with Crippen molar-refractivity contribution in [3.63, 3.8) is 0 Å². The van der Waals surface area contributed by atoms with Gasteiger partial charge in [0.25, 0.3) is 0 Å². The summed E-state index contributed by atoms with van der Waals surface area (Å²) < 4.78 is 25.6. The molecule has 2 rings (SSSR count). The van der Waals surface area contributed by atoms with Crippen molar-refractivity contribution in [2.24, 2.45) is 0 Å². The Morgan fingerprint density at radius 3 is 2.50 bits per heavy atom. The molecular weight excluding hydrogens is 204 g/mol. The Balaban J connectivity index is 1.96. The van der Waals surface area contributed by atoms with E-state index in [1.165, 1.54) is 0 Å². The molecule has 0 radical (unpaired) electrons. The molecule has 1 saturated carbocycles. The molecule has 5 nitrogen and oxygen atoms in total. The van der Waals surface area contributed by atoms with Gasteiger partial charge in [0.1, 0.15) is 0 Å². The standard InChI is InChI=1S/C8H14N2O3S/c1-10-5-6(4-8(10)11)9-14(12,13)7-2-3-7/h6-7,9H,2-5H2,1H3/t6-/m0/s1. The first-order valence-corrected chi connectivity index (χ1v) is 6.29. The van der Waals surface area contributed by atoms with Crippen LogP contribution in [0.5, 0.6) is 0 Å². The van der Waals surface area contributed by atoms with Gasteiger partial charge in [0.05, 0.1) is 5.25 Å². The van der Waals surface area contributed by atoms with Crippen LogP contribution in [-0.4, -0.2) is 44.1 Å². The summed E-state index contributed by atoms with van der Waals surface area (Å²) in [4.78, 5) is 12.7. The highest BCUT2D eigenvalue weighted by Gasteiger charge is 2.39. The topological polar surface area (TPSA) is 66.5 Å². The Bertz CT molecular complexity index is 348. The lowest BCUT2D eigenvalue weighted by molar-refractivity contribution is -0.126. The molecule has 0 unspecified atom stereocenters. The summed E-state index contributed by atoms with van der Waals surface area (Å²) in [6, 6.07) is -0.224. The van der Waals surface area contributed by atoms with E-state index in [0.717, 1.165) is 12.8 Å². The molecule has 0 aromatic heterocycles. The minimum absolute atomic E-state index is 0.00787. The zero-order valence-electron chi connectivity index (χ0n) is 8.06. The molecule has 1 amide bonds. The maximum Gasteiger partial charge on any atom is 0.224 e. The van der Waals surface area contributed by atoms with Gasteiger partial charge in [-0.25, -0.2) is 13.1 Å². The zero-order chi connectivity index (χ0) is 10.3. The van der Waals surface area contributed by atoms with Crippen molar-refractivity contribution in [1.82, 2.24) is 9.62 Å². The van der Waals surface area contributed by atoms with Gasteiger partial charge in [-0.05, 0) is 12.8 Å². The number of hydrogen-bond donors (Lipinski definition) is 1. The van der Waals surface area contributed by atoms with E-state index in [2.05, 4.69) is 4.72 Å². The van der Waals surface area contributed by atoms with Crippen molar-refractivity contribution < 1.29 is 13.2 Å². The number of likely N-dealkylation sites (N-methyl/N-ethyl adjacent to an activating group) is 1. The fourth-order valence-corrected chi connectivity index (χ4v) is 3.22. The third kappa shape index (κ3) is 1.90. The number of sulfonamides is 1. The lowest BCUT2D eigenvalue weighted by atomic mass is 10.3. The van der Waals surface area contributed by atoms with E-state index in [-0.39, 0.29) is 17.2 Å². The van der Waals surface area contributed by atoms with E-state index in [1.807, 2.05) is 0 Å². The second-order valence-corrected chi connectivity index (χ2v) is 6.03. The summed E-state index contributed by atoms with van der Waals surface area (Å²) in [5, 5.41) is -0.205. The molecule has 0 aromatic rings. The van der Waals surface area contributed by atoms with Gasteiger partial charge in [-0.15, -0.1) is 0 Å². The second-order valence-electron chi connectivity index (χ2n) is 4.04. The lowest BCUT2D eigenvalue weighted by Crippen LogP contribution is -2.38. The highest BCUT2D eigenvalue weighted by molar-refractivity contribution is 7.90. The Morgan fingerprint density at radius 1 is 1.43 bits per heavy atom. The number of carbonyl (C=O) groups is 1. The molecule has 80 valence electrons. The molecule has 1 aliphatic heterocycles. The summed E-state index contributed by atoms with van der Waals surface area (Å²) in [6.07, 6.45) is 1.81. The average molecular weight is 218 g/mol. The van der Waals surface area contributed by atoms with Crippen molar-refractivity contribution in [3.05, 3.63) is 0 Å². The van der Waals surface area contributed by atoms with Crippen LogP contribution in [0.2, 0.25) is 0 Å². The highest BCUT2D eigenvalue weighted by atomic mass is 32.2. The first kappa shape index (κ1) is 9.92. The molecule has 6 heteroatoms. The summed E-state index contributed by atoms with van der Waals surface area (Å²) in [6.45, 7) is 0.491. The molecular formula is C8H14N2O3S. The summed E-state index contributed by atoms with van der Waals surface area (Å²) >= 11 is 0. The van der Waals surface area contributed by atoms with Crippen LogP contribution in [-0.2, 0) is 14.8 Å². The van der Waals surface area contributed by atoms with Gasteiger partial charge in [-0.3, -0.25) is 4.79 Å². The Morgan fingerprint density at radius 2 is 2.07 bits per heavy atom. The highest BCUT2D eigenvalue weighted by Crippen LogP contribution is 2.28. The second kappa shape index (κ2) is 3.20. The number of hydrogen-bond acceptors (Lipinski definition) is 3. The number of nitrogens with one attached hydrogen (secondary N) is 1. The molecule has 1 N–H and O–H groups in total. The van der Waals surface area contributed by atoms with E-state index < -0.39 is 10.0 Å². The average Bonchev–Trinajstić information content (AvgIpc) is 2.81. The van der Waals surface area contributed by atoms with Crippen molar-refractivity contribution in [1.29, 1.82) is 0 Å². The number of amides is 1. The number of nitrogens with zero attached hydrogens (tertiary/aromatic N) is 1. The SMILES string of the molecule is CN1C[C@@H](NS(=O)(=O)C2CC2)CC1=O. The smallest absolute Gasteiger partial charge is 0.224 e. The van der Waals surface area contributed by atoms with Crippen molar-refractivity contribution in [2.45, 2.75) is 30.6 Å².